The summed E-state index contributed by atoms with van der Waals surface area (Å²) in [5.41, 5.74) is 1.21. The van der Waals surface area contributed by atoms with Gasteiger partial charge in [0.15, 0.2) is 5.94 Å². The second kappa shape index (κ2) is 7.23. The van der Waals surface area contributed by atoms with Crippen LogP contribution >= 0.6 is 11.9 Å². The van der Waals surface area contributed by atoms with E-state index in [-0.39, 0.29) is 5.94 Å². The van der Waals surface area contributed by atoms with Crippen LogP contribution < -0.4 is 14.4 Å². The van der Waals surface area contributed by atoms with E-state index in [0.717, 1.165) is 25.0 Å². The lowest BCUT2D eigenvalue weighted by atomic mass is 10.1. The van der Waals surface area contributed by atoms with Crippen LogP contribution in [-0.4, -0.2) is 25.2 Å². The van der Waals surface area contributed by atoms with E-state index >= 15 is 0 Å². The second-order valence-electron chi connectivity index (χ2n) is 4.32. The zero-order valence-electron chi connectivity index (χ0n) is 10.6. The average molecular weight is 284 g/mol. The minimum atomic E-state index is -1.56. The fraction of sp³-hybridized carbons (Fsp3) is 0.462. The van der Waals surface area contributed by atoms with Crippen molar-refractivity contribution in [2.45, 2.75) is 19.3 Å². The van der Waals surface area contributed by atoms with Gasteiger partial charge in [0.1, 0.15) is 5.75 Å². The van der Waals surface area contributed by atoms with Crippen molar-refractivity contribution in [3.8, 4) is 5.75 Å². The fourth-order valence-electron chi connectivity index (χ4n) is 2.09. The predicted molar refractivity (Wildman–Crippen MR) is 75.2 cm³/mol. The molecule has 0 saturated carbocycles. The van der Waals surface area contributed by atoms with Crippen molar-refractivity contribution < 1.29 is 13.9 Å². The molecule has 1 amide bonds. The zero-order chi connectivity index (χ0) is 13.5. The maximum Gasteiger partial charge on any atom is 0.407 e. The number of anilines is 1. The number of ether oxygens (including phenoxy) is 1. The van der Waals surface area contributed by atoms with Crippen LogP contribution in [0.25, 0.3) is 0 Å². The summed E-state index contributed by atoms with van der Waals surface area (Å²) in [5.74, 6) is 0.889. The minimum absolute atomic E-state index is 0.179. The maximum atomic E-state index is 11.9. The van der Waals surface area contributed by atoms with E-state index in [2.05, 4.69) is 4.90 Å². The van der Waals surface area contributed by atoms with Gasteiger partial charge in [-0.3, -0.25) is 4.72 Å². The summed E-state index contributed by atoms with van der Waals surface area (Å²) in [6.45, 7) is 2.22. The van der Waals surface area contributed by atoms with Crippen LogP contribution in [0.3, 0.4) is 0 Å². The fourth-order valence-corrected chi connectivity index (χ4v) is 2.46. The van der Waals surface area contributed by atoms with Gasteiger partial charge in [0.25, 0.3) is 0 Å². The summed E-state index contributed by atoms with van der Waals surface area (Å²) in [6.07, 6.45) is 2.25. The summed E-state index contributed by atoms with van der Waals surface area (Å²) in [6, 6.07) is 7.83. The van der Waals surface area contributed by atoms with E-state index in [1.807, 2.05) is 29.0 Å². The van der Waals surface area contributed by atoms with Crippen LogP contribution in [0.4, 0.5) is 14.9 Å². The number of piperidine rings is 1. The lowest BCUT2D eigenvalue weighted by Crippen LogP contribution is -2.29. The number of carbonyl (C=O) groups is 1. The molecule has 1 aliphatic heterocycles. The Labute approximate surface area is 116 Å². The highest BCUT2D eigenvalue weighted by Gasteiger charge is 2.10. The molecule has 1 aliphatic rings. The third-order valence-corrected chi connectivity index (χ3v) is 3.54. The Morgan fingerprint density at radius 1 is 1.26 bits per heavy atom. The van der Waals surface area contributed by atoms with Gasteiger partial charge in [0.05, 0.1) is 0 Å². The van der Waals surface area contributed by atoms with Crippen LogP contribution in [0, 0.1) is 0 Å². The van der Waals surface area contributed by atoms with Gasteiger partial charge in [-0.25, -0.2) is 4.79 Å². The Balaban J connectivity index is 1.79. The molecule has 0 unspecified atom stereocenters. The molecule has 19 heavy (non-hydrogen) atoms. The predicted octanol–water partition coefficient (Wildman–Crippen LogP) is 3.34. The highest BCUT2D eigenvalue weighted by Crippen LogP contribution is 2.23. The number of rotatable bonds is 5. The smallest absolute Gasteiger partial charge is 0.407 e. The lowest BCUT2D eigenvalue weighted by Gasteiger charge is -2.28. The third-order valence-electron chi connectivity index (χ3n) is 2.99. The number of hydrogen-bond donors (Lipinski definition) is 1. The molecular formula is C13H17FN2O2S. The van der Waals surface area contributed by atoms with E-state index in [0.29, 0.717) is 5.75 Å². The van der Waals surface area contributed by atoms with Crippen molar-refractivity contribution in [3.63, 3.8) is 0 Å². The van der Waals surface area contributed by atoms with Gasteiger partial charge in [0, 0.05) is 18.8 Å². The molecule has 0 atom stereocenters. The number of benzene rings is 1. The van der Waals surface area contributed by atoms with Gasteiger partial charge < -0.3 is 9.64 Å². The van der Waals surface area contributed by atoms with Crippen LogP contribution in [0.2, 0.25) is 0 Å². The molecule has 1 aromatic rings. The molecule has 1 aromatic carbocycles. The summed E-state index contributed by atoms with van der Waals surface area (Å²) >= 11 is 0.881. The molecular weight excluding hydrogens is 267 g/mol. The number of amides is 1. The normalized spacial score (nSPS) is 15.1. The Morgan fingerprint density at radius 3 is 2.58 bits per heavy atom. The Hall–Kier alpha value is -1.43. The monoisotopic (exact) mass is 284 g/mol. The molecule has 1 heterocycles. The standard InChI is InChI=1S/C13H17FN2O2S/c14-13(17)15-19-10-18-12-6-4-11(5-7-12)16-8-2-1-3-9-16/h4-7H,1-3,8-10H2,(H,15,17). The average Bonchev–Trinajstić information content (AvgIpc) is 2.45. The molecule has 104 valence electrons. The van der Waals surface area contributed by atoms with Gasteiger partial charge in [-0.2, -0.15) is 0 Å². The highest BCUT2D eigenvalue weighted by atomic mass is 32.2. The van der Waals surface area contributed by atoms with Crippen LogP contribution in [0.5, 0.6) is 5.75 Å². The van der Waals surface area contributed by atoms with Gasteiger partial charge >= 0.3 is 6.16 Å². The molecule has 0 bridgehead atoms. The molecule has 0 spiro atoms. The third kappa shape index (κ3) is 4.63. The summed E-state index contributed by atoms with van der Waals surface area (Å²) in [7, 11) is 0. The first kappa shape index (κ1) is 14.0. The first-order valence-corrected chi connectivity index (χ1v) is 7.29. The van der Waals surface area contributed by atoms with Crippen LogP contribution in [0.15, 0.2) is 24.3 Å². The summed E-state index contributed by atoms with van der Waals surface area (Å²) < 4.78 is 19.2. The van der Waals surface area contributed by atoms with Crippen molar-refractivity contribution in [1.29, 1.82) is 0 Å². The minimum Gasteiger partial charge on any atom is -0.481 e. The van der Waals surface area contributed by atoms with Gasteiger partial charge in [-0.15, -0.1) is 4.39 Å². The molecule has 0 radical (unpaired) electrons. The summed E-state index contributed by atoms with van der Waals surface area (Å²) in [4.78, 5) is 12.4. The van der Waals surface area contributed by atoms with Crippen molar-refractivity contribution in [3.05, 3.63) is 24.3 Å². The molecule has 1 N–H and O–H groups in total. The Bertz CT molecular complexity index is 408. The van der Waals surface area contributed by atoms with Crippen molar-refractivity contribution in [2.75, 3.05) is 23.9 Å². The van der Waals surface area contributed by atoms with Gasteiger partial charge in [-0.05, 0) is 55.5 Å². The van der Waals surface area contributed by atoms with Gasteiger partial charge in [0.2, 0.25) is 0 Å². The summed E-state index contributed by atoms with van der Waals surface area (Å²) in [5, 5.41) is 0. The molecule has 0 aromatic heterocycles. The number of nitrogens with zero attached hydrogens (tertiary/aromatic N) is 1. The largest absolute Gasteiger partial charge is 0.481 e. The quantitative estimate of drug-likeness (QED) is 0.296. The number of nitrogens with one attached hydrogen (secondary N) is 1. The van der Waals surface area contributed by atoms with Crippen molar-refractivity contribution in [2.24, 2.45) is 0 Å². The van der Waals surface area contributed by atoms with E-state index in [1.165, 1.54) is 24.9 Å². The highest BCUT2D eigenvalue weighted by molar-refractivity contribution is 7.97. The zero-order valence-corrected chi connectivity index (χ0v) is 11.4. The maximum absolute atomic E-state index is 11.9. The first-order valence-electron chi connectivity index (χ1n) is 6.31. The molecule has 6 heteroatoms. The van der Waals surface area contributed by atoms with E-state index < -0.39 is 6.16 Å². The van der Waals surface area contributed by atoms with E-state index in [1.54, 1.807) is 0 Å². The number of hydrogen-bond acceptors (Lipinski definition) is 4. The topological polar surface area (TPSA) is 41.6 Å². The Kier molecular flexibility index (Phi) is 5.32. The van der Waals surface area contributed by atoms with Crippen molar-refractivity contribution in [1.82, 2.24) is 4.72 Å². The van der Waals surface area contributed by atoms with E-state index in [4.69, 9.17) is 4.74 Å². The Morgan fingerprint density at radius 2 is 1.95 bits per heavy atom. The second-order valence-corrected chi connectivity index (χ2v) is 5.05. The molecule has 4 nitrogen and oxygen atoms in total. The van der Waals surface area contributed by atoms with Gasteiger partial charge in [-0.1, -0.05) is 0 Å². The van der Waals surface area contributed by atoms with Crippen LogP contribution in [0.1, 0.15) is 19.3 Å². The number of halogens is 1. The van der Waals surface area contributed by atoms with Crippen LogP contribution in [-0.2, 0) is 0 Å². The SMILES string of the molecule is O=C(F)NSCOc1ccc(N2CCCCC2)cc1. The van der Waals surface area contributed by atoms with Crippen molar-refractivity contribution >= 4 is 23.8 Å². The van der Waals surface area contributed by atoms with E-state index in [9.17, 15) is 9.18 Å². The molecule has 2 rings (SSSR count). The molecule has 1 fully saturated rings. The lowest BCUT2D eigenvalue weighted by molar-refractivity contribution is 0.228. The molecule has 1 saturated heterocycles. The number of carbonyl (C=O) groups excluding carboxylic acids is 1. The molecule has 0 aliphatic carbocycles. The first-order chi connectivity index (χ1) is 9.25.